The van der Waals surface area contributed by atoms with E-state index in [2.05, 4.69) is 5.32 Å². The maximum absolute atomic E-state index is 13.6. The Labute approximate surface area is 145 Å². The molecule has 10 heteroatoms. The Morgan fingerprint density at radius 2 is 1.85 bits per heavy atom. The van der Waals surface area contributed by atoms with Crippen molar-refractivity contribution >= 4 is 17.3 Å². The van der Waals surface area contributed by atoms with Crippen LogP contribution in [0.5, 0.6) is 11.5 Å². The molecule has 0 saturated carbocycles. The normalized spacial score (nSPS) is 11.6. The molecule has 0 bridgehead atoms. The fourth-order valence-electron chi connectivity index (χ4n) is 1.97. The monoisotopic (exact) mass is 370 g/mol. The van der Waals surface area contributed by atoms with Crippen molar-refractivity contribution in [3.63, 3.8) is 0 Å². The van der Waals surface area contributed by atoms with E-state index in [0.717, 1.165) is 12.1 Å². The molecule has 0 aliphatic heterocycles. The Kier molecular flexibility index (Phi) is 5.65. The maximum Gasteiger partial charge on any atom is 0.273 e. The highest BCUT2D eigenvalue weighted by atomic mass is 19.2. The molecule has 1 amide bonds. The van der Waals surface area contributed by atoms with Crippen molar-refractivity contribution in [2.24, 2.45) is 0 Å². The van der Waals surface area contributed by atoms with E-state index >= 15 is 0 Å². The molecule has 0 unspecified atom stereocenters. The predicted molar refractivity (Wildman–Crippen MR) is 84.7 cm³/mol. The lowest BCUT2D eigenvalue weighted by Crippen LogP contribution is -2.30. The average molecular weight is 370 g/mol. The number of nitrogens with one attached hydrogen (secondary N) is 1. The van der Waals surface area contributed by atoms with Crippen LogP contribution < -0.4 is 14.8 Å². The zero-order valence-electron chi connectivity index (χ0n) is 13.6. The largest absolute Gasteiger partial charge is 0.493 e. The number of hydrogen-bond donors (Lipinski definition) is 1. The van der Waals surface area contributed by atoms with Gasteiger partial charge in [0.25, 0.3) is 11.6 Å². The van der Waals surface area contributed by atoms with Crippen LogP contribution in [0.4, 0.5) is 24.5 Å². The number of carbonyl (C=O) groups is 1. The smallest absolute Gasteiger partial charge is 0.273 e. The van der Waals surface area contributed by atoms with E-state index in [0.29, 0.717) is 6.07 Å². The standard InChI is InChI=1S/C16H13F3N2O5/c1-8(16(22)20-11-5-4-10(17)14(18)15(11)19)26-13-7-9(21(23)24)3-6-12(13)25-2/h3-8H,1-2H3,(H,20,22)/t8-/m0/s1. The molecule has 1 N–H and O–H groups in total. The summed E-state index contributed by atoms with van der Waals surface area (Å²) in [6.07, 6.45) is -1.25. The van der Waals surface area contributed by atoms with Gasteiger partial charge in [-0.15, -0.1) is 0 Å². The lowest BCUT2D eigenvalue weighted by molar-refractivity contribution is -0.385. The highest BCUT2D eigenvalue weighted by Crippen LogP contribution is 2.32. The van der Waals surface area contributed by atoms with E-state index in [-0.39, 0.29) is 17.2 Å². The van der Waals surface area contributed by atoms with Crippen LogP contribution in [0.15, 0.2) is 30.3 Å². The Morgan fingerprint density at radius 1 is 1.15 bits per heavy atom. The minimum absolute atomic E-state index is 0.0879. The molecule has 0 fully saturated rings. The van der Waals surface area contributed by atoms with Crippen LogP contribution in [-0.4, -0.2) is 24.0 Å². The number of anilines is 1. The van der Waals surface area contributed by atoms with Gasteiger partial charge < -0.3 is 14.8 Å². The van der Waals surface area contributed by atoms with Crippen molar-refractivity contribution in [2.75, 3.05) is 12.4 Å². The van der Waals surface area contributed by atoms with E-state index in [9.17, 15) is 28.1 Å². The zero-order valence-corrected chi connectivity index (χ0v) is 13.6. The first kappa shape index (κ1) is 19.0. The van der Waals surface area contributed by atoms with Crippen molar-refractivity contribution in [2.45, 2.75) is 13.0 Å². The molecular weight excluding hydrogens is 357 g/mol. The van der Waals surface area contributed by atoms with Crippen molar-refractivity contribution in [3.05, 3.63) is 57.9 Å². The van der Waals surface area contributed by atoms with Gasteiger partial charge in [0.2, 0.25) is 0 Å². The molecule has 26 heavy (non-hydrogen) atoms. The fourth-order valence-corrected chi connectivity index (χ4v) is 1.97. The van der Waals surface area contributed by atoms with Gasteiger partial charge in [0.05, 0.1) is 23.8 Å². The molecule has 0 heterocycles. The van der Waals surface area contributed by atoms with Crippen LogP contribution in [0.25, 0.3) is 0 Å². The molecule has 7 nitrogen and oxygen atoms in total. The number of nitrogens with zero attached hydrogens (tertiary/aromatic N) is 1. The minimum atomic E-state index is -1.73. The van der Waals surface area contributed by atoms with E-state index in [1.54, 1.807) is 0 Å². The molecular formula is C16H13F3N2O5. The van der Waals surface area contributed by atoms with Crippen molar-refractivity contribution in [1.29, 1.82) is 0 Å². The van der Waals surface area contributed by atoms with Gasteiger partial charge >= 0.3 is 0 Å². The predicted octanol–water partition coefficient (Wildman–Crippen LogP) is 3.43. The molecule has 1 atom stereocenters. The Bertz CT molecular complexity index is 860. The van der Waals surface area contributed by atoms with Crippen LogP contribution in [0.3, 0.4) is 0 Å². The molecule has 2 rings (SSSR count). The van der Waals surface area contributed by atoms with Crippen LogP contribution in [-0.2, 0) is 4.79 Å². The summed E-state index contributed by atoms with van der Waals surface area (Å²) < 4.78 is 50.0. The van der Waals surface area contributed by atoms with Gasteiger partial charge in [-0.25, -0.2) is 13.2 Å². The maximum atomic E-state index is 13.6. The van der Waals surface area contributed by atoms with Gasteiger partial charge in [-0.1, -0.05) is 0 Å². The molecule has 138 valence electrons. The first-order valence-corrected chi connectivity index (χ1v) is 7.18. The van der Waals surface area contributed by atoms with E-state index in [1.807, 2.05) is 0 Å². The number of amides is 1. The van der Waals surface area contributed by atoms with Crippen molar-refractivity contribution in [3.8, 4) is 11.5 Å². The summed E-state index contributed by atoms with van der Waals surface area (Å²) in [6, 6.07) is 5.04. The second-order valence-electron chi connectivity index (χ2n) is 5.06. The summed E-state index contributed by atoms with van der Waals surface area (Å²) in [5.41, 5.74) is -0.865. The topological polar surface area (TPSA) is 90.7 Å². The van der Waals surface area contributed by atoms with Crippen molar-refractivity contribution < 1.29 is 32.4 Å². The minimum Gasteiger partial charge on any atom is -0.493 e. The summed E-state index contributed by atoms with van der Waals surface area (Å²) >= 11 is 0. The second kappa shape index (κ2) is 7.72. The number of ether oxygens (including phenoxy) is 2. The molecule has 0 saturated heterocycles. The van der Waals surface area contributed by atoms with Gasteiger partial charge in [0, 0.05) is 6.07 Å². The van der Waals surface area contributed by atoms with E-state index in [1.165, 1.54) is 26.2 Å². The van der Waals surface area contributed by atoms with Gasteiger partial charge in [-0.3, -0.25) is 14.9 Å². The Balaban J connectivity index is 2.18. The molecule has 2 aromatic rings. The molecule has 0 aliphatic carbocycles. The lowest BCUT2D eigenvalue weighted by Gasteiger charge is -2.17. The summed E-state index contributed by atoms with van der Waals surface area (Å²) in [5.74, 6) is -5.52. The molecule has 0 aromatic heterocycles. The fraction of sp³-hybridized carbons (Fsp3) is 0.188. The van der Waals surface area contributed by atoms with Gasteiger partial charge in [0.1, 0.15) is 0 Å². The summed E-state index contributed by atoms with van der Waals surface area (Å²) in [6.45, 7) is 1.28. The van der Waals surface area contributed by atoms with E-state index in [4.69, 9.17) is 9.47 Å². The number of hydrogen-bond acceptors (Lipinski definition) is 5. The van der Waals surface area contributed by atoms with Gasteiger partial charge in [-0.2, -0.15) is 0 Å². The second-order valence-corrected chi connectivity index (χ2v) is 5.06. The summed E-state index contributed by atoms with van der Waals surface area (Å²) in [5, 5.41) is 12.9. The third kappa shape index (κ3) is 4.02. The summed E-state index contributed by atoms with van der Waals surface area (Å²) in [7, 11) is 1.30. The number of rotatable bonds is 6. The van der Waals surface area contributed by atoms with Crippen LogP contribution in [0.1, 0.15) is 6.92 Å². The van der Waals surface area contributed by atoms with Crippen LogP contribution in [0.2, 0.25) is 0 Å². The third-order valence-electron chi connectivity index (χ3n) is 3.32. The highest BCUT2D eigenvalue weighted by molar-refractivity contribution is 5.94. The molecule has 2 aromatic carbocycles. The average Bonchev–Trinajstić information content (AvgIpc) is 2.61. The number of benzene rings is 2. The Hall–Kier alpha value is -3.30. The molecule has 0 aliphatic rings. The first-order chi connectivity index (χ1) is 12.2. The third-order valence-corrected chi connectivity index (χ3v) is 3.32. The van der Waals surface area contributed by atoms with E-state index < -0.39 is 40.1 Å². The lowest BCUT2D eigenvalue weighted by atomic mass is 10.2. The molecule has 0 radical (unpaired) electrons. The number of nitro benzene ring substituents is 1. The number of non-ortho nitro benzene ring substituents is 1. The highest BCUT2D eigenvalue weighted by Gasteiger charge is 2.22. The quantitative estimate of drug-likeness (QED) is 0.478. The SMILES string of the molecule is COc1ccc([N+](=O)[O-])cc1O[C@@H](C)C(=O)Nc1ccc(F)c(F)c1F. The zero-order chi connectivity index (χ0) is 19.4. The number of nitro groups is 1. The van der Waals surface area contributed by atoms with Crippen LogP contribution in [0, 0.1) is 27.6 Å². The summed E-state index contributed by atoms with van der Waals surface area (Å²) in [4.78, 5) is 22.3. The number of methoxy groups -OCH3 is 1. The van der Waals surface area contributed by atoms with Crippen molar-refractivity contribution in [1.82, 2.24) is 0 Å². The Morgan fingerprint density at radius 3 is 2.46 bits per heavy atom. The van der Waals surface area contributed by atoms with Gasteiger partial charge in [-0.05, 0) is 25.1 Å². The van der Waals surface area contributed by atoms with Crippen LogP contribution >= 0.6 is 0 Å². The molecule has 0 spiro atoms. The number of carbonyl (C=O) groups excluding carboxylic acids is 1. The first-order valence-electron chi connectivity index (χ1n) is 7.18. The number of halogens is 3. The van der Waals surface area contributed by atoms with Gasteiger partial charge in [0.15, 0.2) is 35.1 Å².